The predicted molar refractivity (Wildman–Crippen MR) is 217 cm³/mol. The Labute approximate surface area is 330 Å². The van der Waals surface area contributed by atoms with E-state index in [9.17, 15) is 20.4 Å². The quantitative estimate of drug-likeness (QED) is 0.0988. The minimum Gasteiger partial charge on any atom is -0.508 e. The van der Waals surface area contributed by atoms with Crippen LogP contribution in [0.4, 0.5) is 0 Å². The van der Waals surface area contributed by atoms with Crippen LogP contribution in [0.5, 0.6) is 11.5 Å². The van der Waals surface area contributed by atoms with Gasteiger partial charge in [-0.15, -0.1) is 0 Å². The third-order valence-corrected chi connectivity index (χ3v) is 12.7. The highest BCUT2D eigenvalue weighted by Gasteiger charge is 2.47. The van der Waals surface area contributed by atoms with Gasteiger partial charge in [-0.25, -0.2) is 0 Å². The van der Waals surface area contributed by atoms with Gasteiger partial charge in [0.25, 0.3) is 0 Å². The van der Waals surface area contributed by atoms with E-state index in [0.717, 1.165) is 51.3 Å². The molecule has 0 aromatic heterocycles. The summed E-state index contributed by atoms with van der Waals surface area (Å²) in [4.78, 5) is 4.10. The van der Waals surface area contributed by atoms with Crippen LogP contribution in [0.3, 0.4) is 0 Å². The topological polar surface area (TPSA) is 111 Å². The molecule has 13 heteroatoms. The van der Waals surface area contributed by atoms with Gasteiger partial charge >= 0.3 is 0 Å². The summed E-state index contributed by atoms with van der Waals surface area (Å²) in [6, 6.07) is 13.8. The van der Waals surface area contributed by atoms with Crippen LogP contribution >= 0.6 is 59.2 Å². The van der Waals surface area contributed by atoms with Crippen molar-refractivity contribution in [2.24, 2.45) is 11.3 Å². The fourth-order valence-corrected chi connectivity index (χ4v) is 8.67. The van der Waals surface area contributed by atoms with Crippen LogP contribution in [-0.4, -0.2) is 73.2 Å². The van der Waals surface area contributed by atoms with Gasteiger partial charge < -0.3 is 40.9 Å². The fraction of sp³-hybridized carbons (Fsp3) is 0.385. The number of hydrogen-bond acceptors (Lipinski definition) is 6. The average Bonchev–Trinajstić information content (AvgIpc) is 3.12. The van der Waals surface area contributed by atoms with E-state index in [2.05, 4.69) is 28.5 Å². The molecule has 2 heterocycles. The second-order valence-corrected chi connectivity index (χ2v) is 16.1. The lowest BCUT2D eigenvalue weighted by molar-refractivity contribution is 0.123. The molecule has 6 rings (SSSR count). The van der Waals surface area contributed by atoms with E-state index in [1.165, 1.54) is 0 Å². The van der Waals surface area contributed by atoms with Gasteiger partial charge in [0, 0.05) is 66.2 Å². The van der Waals surface area contributed by atoms with Gasteiger partial charge in [-0.05, 0) is 121 Å². The van der Waals surface area contributed by atoms with E-state index in [-0.39, 0.29) is 34.5 Å². The monoisotopic (exact) mass is 800 g/mol. The molecule has 3 aromatic rings. The lowest BCUT2D eigenvalue weighted by Gasteiger charge is -2.48. The summed E-state index contributed by atoms with van der Waals surface area (Å²) < 4.78 is 0. The van der Waals surface area contributed by atoms with Crippen molar-refractivity contribution in [2.45, 2.75) is 52.5 Å². The zero-order valence-electron chi connectivity index (χ0n) is 29.1. The van der Waals surface area contributed by atoms with Crippen LogP contribution in [0.2, 0.25) is 15.1 Å². The highest BCUT2D eigenvalue weighted by molar-refractivity contribution is 7.80. The molecule has 3 aliphatic rings. The summed E-state index contributed by atoms with van der Waals surface area (Å²) in [5.74, 6) is -1.65. The van der Waals surface area contributed by atoms with Gasteiger partial charge in [-0.3, -0.25) is 0 Å². The van der Waals surface area contributed by atoms with Crippen molar-refractivity contribution in [2.75, 3.05) is 32.7 Å². The smallest absolute Gasteiger partial charge is 0.177 e. The lowest BCUT2D eigenvalue weighted by atomic mass is 9.62. The third-order valence-electron chi connectivity index (χ3n) is 10.9. The first-order valence-electron chi connectivity index (χ1n) is 17.4. The number of aliphatic hydroxyl groups is 2. The predicted octanol–water partition coefficient (Wildman–Crippen LogP) is 8.10. The molecule has 3 aromatic carbocycles. The first-order chi connectivity index (χ1) is 24.8. The second kappa shape index (κ2) is 15.9. The number of halogens is 3. The third kappa shape index (κ3) is 7.92. The van der Waals surface area contributed by atoms with Gasteiger partial charge in [-0.2, -0.15) is 0 Å². The molecule has 2 unspecified atom stereocenters. The number of rotatable bonds is 8. The maximum Gasteiger partial charge on any atom is 0.177 e. The summed E-state index contributed by atoms with van der Waals surface area (Å²) >= 11 is 30.5. The number of thiocarbonyl (C=S) groups is 2. The van der Waals surface area contributed by atoms with E-state index in [4.69, 9.17) is 59.2 Å². The Morgan fingerprint density at radius 1 is 0.846 bits per heavy atom. The largest absolute Gasteiger partial charge is 0.508 e. The molecule has 0 amide bonds. The molecule has 0 saturated carbocycles. The van der Waals surface area contributed by atoms with Gasteiger partial charge in [-0.1, -0.05) is 66.0 Å². The van der Waals surface area contributed by atoms with Crippen molar-refractivity contribution < 1.29 is 20.4 Å². The normalized spacial score (nSPS) is 19.9. The molecule has 2 atom stereocenters. The Morgan fingerprint density at radius 3 is 2.15 bits per heavy atom. The van der Waals surface area contributed by atoms with Crippen molar-refractivity contribution in [1.82, 2.24) is 20.4 Å². The van der Waals surface area contributed by atoms with E-state index in [1.807, 2.05) is 48.2 Å². The number of hydrogen-bond donors (Lipinski definition) is 6. The zero-order valence-corrected chi connectivity index (χ0v) is 33.0. The first-order valence-corrected chi connectivity index (χ1v) is 19.3. The van der Waals surface area contributed by atoms with Crippen molar-refractivity contribution in [3.8, 4) is 11.5 Å². The zero-order chi connectivity index (χ0) is 37.3. The van der Waals surface area contributed by atoms with Crippen molar-refractivity contribution in [3.05, 3.63) is 114 Å². The maximum absolute atomic E-state index is 11.4. The highest BCUT2D eigenvalue weighted by Crippen LogP contribution is 2.52. The maximum atomic E-state index is 11.4. The molecule has 0 radical (unpaired) electrons. The Bertz CT molecular complexity index is 1950. The first kappa shape index (κ1) is 38.3. The Kier molecular flexibility index (Phi) is 11.7. The molecule has 1 saturated heterocycles. The molecule has 1 fully saturated rings. The van der Waals surface area contributed by atoms with E-state index in [1.54, 1.807) is 6.08 Å². The second-order valence-electron chi connectivity index (χ2n) is 14.1. The van der Waals surface area contributed by atoms with Gasteiger partial charge in [0.05, 0.1) is 5.02 Å². The number of aromatic hydroxyl groups is 2. The van der Waals surface area contributed by atoms with Crippen molar-refractivity contribution in [1.29, 1.82) is 0 Å². The number of aryl methyl sites for hydroxylation is 1. The molecular formula is C39H43Cl3N4O4S2. The number of allylic oxidation sites excluding steroid dienone is 2. The molecule has 0 bridgehead atoms. The Hall–Kier alpha value is -3.41. The number of phenols is 2. The van der Waals surface area contributed by atoms with Crippen LogP contribution in [0.25, 0.3) is 0 Å². The van der Waals surface area contributed by atoms with Crippen molar-refractivity contribution >= 4 is 69.5 Å². The number of aliphatic hydroxyl groups excluding tert-OH is 2. The fourth-order valence-electron chi connectivity index (χ4n) is 7.52. The summed E-state index contributed by atoms with van der Waals surface area (Å²) in [5.41, 5.74) is 5.64. The SMILES string of the molecule is Cc1ccc(CCNC(=S)N2CCC3(C)C(=CC(O)=C(O)C3Cc3c(O)c(O)c(Cl)c4c3CN(C(=S)NCCc3ccc(Cl)cc3)CC4)C2)cc1Cl. The van der Waals surface area contributed by atoms with E-state index in [0.29, 0.717) is 72.9 Å². The molecular weight excluding hydrogens is 759 g/mol. The number of phenolic OH excluding ortho intramolecular Hbond substituents is 2. The molecule has 0 spiro atoms. The lowest BCUT2D eigenvalue weighted by Crippen LogP contribution is -2.51. The summed E-state index contributed by atoms with van der Waals surface area (Å²) in [7, 11) is 0. The number of piperidine rings is 1. The van der Waals surface area contributed by atoms with Gasteiger partial charge in [0.15, 0.2) is 27.5 Å². The Balaban J connectivity index is 1.16. The highest BCUT2D eigenvalue weighted by atomic mass is 35.5. The van der Waals surface area contributed by atoms with Crippen LogP contribution in [0.15, 0.2) is 65.6 Å². The molecule has 6 N–H and O–H groups in total. The number of likely N-dealkylation sites (tertiary alicyclic amines) is 1. The summed E-state index contributed by atoms with van der Waals surface area (Å²) in [5, 5.41) is 54.2. The standard InChI is InChI=1S/C39H43Cl3N4O4S2/c1-22-3-4-24(17-31(22)41)10-14-44-38(52)46-16-12-39(2)25(20-46)18-32(47)35(49)30(39)19-28-29-21-45(15-11-27(29)33(42)36(50)34(28)48)37(51)43-13-9-23-5-7-26(40)8-6-23/h3-8,17-18,30,47-50H,9-16,19-21H2,1-2H3,(H,43,51)(H,44,52). The van der Waals surface area contributed by atoms with Crippen molar-refractivity contribution in [3.63, 3.8) is 0 Å². The van der Waals surface area contributed by atoms with Crippen LogP contribution in [0.1, 0.15) is 46.7 Å². The molecule has 2 aliphatic heterocycles. The number of nitrogens with one attached hydrogen (secondary N) is 2. The minimum absolute atomic E-state index is 0.121. The van der Waals surface area contributed by atoms with Crippen LogP contribution in [-0.2, 0) is 32.2 Å². The van der Waals surface area contributed by atoms with Gasteiger partial charge in [0.1, 0.15) is 5.76 Å². The number of benzene rings is 3. The van der Waals surface area contributed by atoms with Gasteiger partial charge in [0.2, 0.25) is 0 Å². The number of fused-ring (bicyclic) bond motifs is 2. The number of nitrogens with zero attached hydrogens (tertiary/aromatic N) is 2. The van der Waals surface area contributed by atoms with Crippen LogP contribution < -0.4 is 10.6 Å². The molecule has 52 heavy (non-hydrogen) atoms. The Morgan fingerprint density at radius 2 is 1.48 bits per heavy atom. The molecule has 276 valence electrons. The molecule has 8 nitrogen and oxygen atoms in total. The van der Waals surface area contributed by atoms with E-state index < -0.39 is 11.3 Å². The molecule has 1 aliphatic carbocycles. The minimum atomic E-state index is -0.585. The summed E-state index contributed by atoms with van der Waals surface area (Å²) in [6.45, 7) is 7.35. The summed E-state index contributed by atoms with van der Waals surface area (Å²) in [6.07, 6.45) is 4.46. The average molecular weight is 802 g/mol. The van der Waals surface area contributed by atoms with Crippen LogP contribution in [0, 0.1) is 18.3 Å². The van der Waals surface area contributed by atoms with E-state index >= 15 is 0 Å².